The van der Waals surface area contributed by atoms with Gasteiger partial charge in [0.05, 0.1) is 12.2 Å². The predicted molar refractivity (Wildman–Crippen MR) is 83.5 cm³/mol. The number of rotatable bonds is 8. The predicted octanol–water partition coefficient (Wildman–Crippen LogP) is 2.06. The average molecular weight is 279 g/mol. The Hall–Kier alpha value is -1.20. The highest BCUT2D eigenvalue weighted by Crippen LogP contribution is 2.03. The van der Waals surface area contributed by atoms with Gasteiger partial charge >= 0.3 is 0 Å². The van der Waals surface area contributed by atoms with Gasteiger partial charge in [0.2, 0.25) is 0 Å². The molecule has 0 aliphatic rings. The van der Waals surface area contributed by atoms with Crippen LogP contribution in [0.25, 0.3) is 0 Å². The molecule has 0 unspecified atom stereocenters. The van der Waals surface area contributed by atoms with Crippen molar-refractivity contribution >= 4 is 0 Å². The maximum atomic E-state index is 4.20. The van der Waals surface area contributed by atoms with Crippen molar-refractivity contribution in [2.75, 3.05) is 13.1 Å². The fraction of sp³-hybridized carbons (Fsp3) is 0.733. The van der Waals surface area contributed by atoms with Crippen LogP contribution in [0.1, 0.15) is 40.3 Å². The lowest BCUT2D eigenvalue weighted by molar-refractivity contribution is 0.232. The second-order valence-electron chi connectivity index (χ2n) is 6.45. The summed E-state index contributed by atoms with van der Waals surface area (Å²) in [6.07, 6.45) is 3.96. The molecule has 0 radical (unpaired) electrons. The van der Waals surface area contributed by atoms with Crippen LogP contribution in [-0.2, 0) is 13.1 Å². The Morgan fingerprint density at radius 2 is 2.15 bits per heavy atom. The van der Waals surface area contributed by atoms with Crippen molar-refractivity contribution in [1.82, 2.24) is 25.2 Å². The zero-order chi connectivity index (χ0) is 15.2. The van der Waals surface area contributed by atoms with E-state index in [0.29, 0.717) is 6.04 Å². The summed E-state index contributed by atoms with van der Waals surface area (Å²) in [7, 11) is 0. The number of aromatic nitrogens is 3. The monoisotopic (exact) mass is 279 g/mol. The van der Waals surface area contributed by atoms with Crippen LogP contribution in [0.2, 0.25) is 0 Å². The number of hydrogen-bond acceptors (Lipinski definition) is 4. The van der Waals surface area contributed by atoms with Crippen LogP contribution in [0, 0.1) is 0 Å². The molecule has 5 nitrogen and oxygen atoms in total. The van der Waals surface area contributed by atoms with Gasteiger partial charge in [0.15, 0.2) is 0 Å². The van der Waals surface area contributed by atoms with Gasteiger partial charge in [-0.3, -0.25) is 9.58 Å². The van der Waals surface area contributed by atoms with Gasteiger partial charge < -0.3 is 5.32 Å². The third-order valence-electron chi connectivity index (χ3n) is 3.10. The lowest BCUT2D eigenvalue weighted by Crippen LogP contribution is -2.35. The summed E-state index contributed by atoms with van der Waals surface area (Å²) in [5.74, 6) is 0. The van der Waals surface area contributed by atoms with Crippen molar-refractivity contribution in [3.63, 3.8) is 0 Å². The van der Waals surface area contributed by atoms with Gasteiger partial charge in [-0.15, -0.1) is 11.7 Å². The molecule has 1 aromatic rings. The molecule has 0 spiro atoms. The third kappa shape index (κ3) is 6.30. The van der Waals surface area contributed by atoms with Crippen LogP contribution in [0.4, 0.5) is 0 Å². The lowest BCUT2D eigenvalue weighted by atomic mass is 10.1. The average Bonchev–Trinajstić information content (AvgIpc) is 2.78. The van der Waals surface area contributed by atoms with Crippen LogP contribution >= 0.6 is 0 Å². The first kappa shape index (κ1) is 16.9. The Kier molecular flexibility index (Phi) is 6.36. The van der Waals surface area contributed by atoms with Gasteiger partial charge in [0.1, 0.15) is 0 Å². The zero-order valence-corrected chi connectivity index (χ0v) is 13.6. The molecule has 1 aromatic heterocycles. The molecule has 0 amide bonds. The second-order valence-corrected chi connectivity index (χ2v) is 6.45. The minimum Gasteiger partial charge on any atom is -0.306 e. The standard InChI is InChI=1S/C15H29N5/c1-7-8-19(13(2)3)9-10-20-12-14(17-18-20)11-16-15(4,5)6/h7,12-13,16H,1,8-11H2,2-6H3. The lowest BCUT2D eigenvalue weighted by Gasteiger charge is -2.24. The minimum absolute atomic E-state index is 0.0994. The fourth-order valence-electron chi connectivity index (χ4n) is 1.84. The summed E-state index contributed by atoms with van der Waals surface area (Å²) >= 11 is 0. The molecule has 5 heteroatoms. The van der Waals surface area contributed by atoms with Gasteiger partial charge in [0, 0.05) is 37.4 Å². The number of nitrogens with one attached hydrogen (secondary N) is 1. The Morgan fingerprint density at radius 1 is 1.45 bits per heavy atom. The Bertz CT molecular complexity index is 403. The summed E-state index contributed by atoms with van der Waals surface area (Å²) in [5, 5.41) is 11.8. The van der Waals surface area contributed by atoms with E-state index >= 15 is 0 Å². The molecule has 0 aromatic carbocycles. The van der Waals surface area contributed by atoms with E-state index in [9.17, 15) is 0 Å². The first-order chi connectivity index (χ1) is 9.31. The Balaban J connectivity index is 2.45. The van der Waals surface area contributed by atoms with E-state index in [1.54, 1.807) is 0 Å². The maximum absolute atomic E-state index is 4.20. The molecule has 114 valence electrons. The van der Waals surface area contributed by atoms with Crippen LogP contribution in [-0.4, -0.2) is 44.6 Å². The third-order valence-corrected chi connectivity index (χ3v) is 3.10. The van der Waals surface area contributed by atoms with E-state index in [2.05, 4.69) is 61.7 Å². The summed E-state index contributed by atoms with van der Waals surface area (Å²) in [6, 6.07) is 0.513. The maximum Gasteiger partial charge on any atom is 0.0965 e. The molecule has 0 bridgehead atoms. The molecular weight excluding hydrogens is 250 g/mol. The Morgan fingerprint density at radius 3 is 2.70 bits per heavy atom. The van der Waals surface area contributed by atoms with E-state index < -0.39 is 0 Å². The molecule has 0 saturated carbocycles. The molecule has 0 saturated heterocycles. The number of hydrogen-bond donors (Lipinski definition) is 1. The molecule has 0 atom stereocenters. The largest absolute Gasteiger partial charge is 0.306 e. The smallest absolute Gasteiger partial charge is 0.0965 e. The van der Waals surface area contributed by atoms with Gasteiger partial charge in [-0.25, -0.2) is 0 Å². The highest BCUT2D eigenvalue weighted by Gasteiger charge is 2.11. The zero-order valence-electron chi connectivity index (χ0n) is 13.6. The van der Waals surface area contributed by atoms with Crippen molar-refractivity contribution in [3.05, 3.63) is 24.5 Å². The van der Waals surface area contributed by atoms with Crippen LogP contribution in [0.3, 0.4) is 0 Å². The quantitative estimate of drug-likeness (QED) is 0.740. The molecule has 20 heavy (non-hydrogen) atoms. The van der Waals surface area contributed by atoms with Gasteiger partial charge in [-0.05, 0) is 34.6 Å². The fourth-order valence-corrected chi connectivity index (χ4v) is 1.84. The minimum atomic E-state index is 0.0994. The molecule has 0 aliphatic heterocycles. The van der Waals surface area contributed by atoms with Gasteiger partial charge in [-0.2, -0.15) is 0 Å². The van der Waals surface area contributed by atoms with E-state index in [1.165, 1.54) is 0 Å². The van der Waals surface area contributed by atoms with Crippen LogP contribution < -0.4 is 5.32 Å². The van der Waals surface area contributed by atoms with E-state index in [1.807, 2.05) is 17.0 Å². The molecule has 0 fully saturated rings. The van der Waals surface area contributed by atoms with E-state index in [-0.39, 0.29) is 5.54 Å². The first-order valence-electron chi connectivity index (χ1n) is 7.31. The van der Waals surface area contributed by atoms with Crippen LogP contribution in [0.15, 0.2) is 18.9 Å². The highest BCUT2D eigenvalue weighted by molar-refractivity contribution is 4.93. The van der Waals surface area contributed by atoms with E-state index in [4.69, 9.17) is 0 Å². The van der Waals surface area contributed by atoms with Crippen molar-refractivity contribution < 1.29 is 0 Å². The first-order valence-corrected chi connectivity index (χ1v) is 7.31. The molecular formula is C15H29N5. The van der Waals surface area contributed by atoms with Crippen LogP contribution in [0.5, 0.6) is 0 Å². The summed E-state index contributed by atoms with van der Waals surface area (Å²) in [4.78, 5) is 2.36. The second kappa shape index (κ2) is 7.55. The summed E-state index contributed by atoms with van der Waals surface area (Å²) in [5.41, 5.74) is 1.09. The summed E-state index contributed by atoms with van der Waals surface area (Å²) in [6.45, 7) is 18.1. The Labute approximate surface area is 123 Å². The number of nitrogens with zero attached hydrogens (tertiary/aromatic N) is 4. The van der Waals surface area contributed by atoms with Crippen molar-refractivity contribution in [2.24, 2.45) is 0 Å². The topological polar surface area (TPSA) is 46.0 Å². The van der Waals surface area contributed by atoms with Gasteiger partial charge in [0.25, 0.3) is 0 Å². The van der Waals surface area contributed by atoms with Crippen molar-refractivity contribution in [3.8, 4) is 0 Å². The molecule has 0 aliphatic carbocycles. The summed E-state index contributed by atoms with van der Waals surface area (Å²) < 4.78 is 1.91. The van der Waals surface area contributed by atoms with Crippen molar-refractivity contribution in [1.29, 1.82) is 0 Å². The molecule has 1 heterocycles. The normalized spacial score (nSPS) is 12.3. The van der Waals surface area contributed by atoms with Gasteiger partial charge in [-0.1, -0.05) is 11.3 Å². The van der Waals surface area contributed by atoms with E-state index in [0.717, 1.165) is 31.9 Å². The van der Waals surface area contributed by atoms with Crippen molar-refractivity contribution in [2.45, 2.75) is 59.3 Å². The SMILES string of the molecule is C=CCN(CCn1cc(CNC(C)(C)C)nn1)C(C)C. The molecule has 1 rings (SSSR count). The molecule has 1 N–H and O–H groups in total. The highest BCUT2D eigenvalue weighted by atomic mass is 15.4.